The first-order valence-corrected chi connectivity index (χ1v) is 12.2. The second kappa shape index (κ2) is 7.04. The van der Waals surface area contributed by atoms with Crippen molar-refractivity contribution in [3.05, 3.63) is 30.3 Å². The van der Waals surface area contributed by atoms with Gasteiger partial charge >= 0.3 is 0 Å². The molecular formula is C22H25N3O5S. The smallest absolute Gasteiger partial charge is 0.226 e. The number of hydrogen-bond acceptors (Lipinski definition) is 6. The van der Waals surface area contributed by atoms with Gasteiger partial charge in [0.15, 0.2) is 9.84 Å². The van der Waals surface area contributed by atoms with Gasteiger partial charge in [0.1, 0.15) is 5.54 Å². The van der Waals surface area contributed by atoms with Crippen molar-refractivity contribution in [2.24, 2.45) is 17.3 Å². The van der Waals surface area contributed by atoms with Gasteiger partial charge in [-0.05, 0) is 37.8 Å². The first kappa shape index (κ1) is 20.5. The van der Waals surface area contributed by atoms with Gasteiger partial charge in [-0.25, -0.2) is 8.42 Å². The van der Waals surface area contributed by atoms with Crippen molar-refractivity contribution >= 4 is 21.7 Å². The van der Waals surface area contributed by atoms with E-state index in [2.05, 4.69) is 11.4 Å². The fourth-order valence-corrected chi connectivity index (χ4v) is 6.90. The van der Waals surface area contributed by atoms with E-state index < -0.39 is 32.5 Å². The summed E-state index contributed by atoms with van der Waals surface area (Å²) in [7, 11) is -3.67. The number of carbonyl (C=O) groups is 2. The average molecular weight is 444 g/mol. The third-order valence-electron chi connectivity index (χ3n) is 7.19. The Balaban J connectivity index is 1.37. The van der Waals surface area contributed by atoms with Gasteiger partial charge in [-0.2, -0.15) is 5.26 Å². The van der Waals surface area contributed by atoms with Crippen LogP contribution in [0.4, 0.5) is 0 Å². The Morgan fingerprint density at radius 3 is 2.29 bits per heavy atom. The van der Waals surface area contributed by atoms with E-state index in [1.165, 1.54) is 0 Å². The van der Waals surface area contributed by atoms with E-state index in [9.17, 15) is 23.3 Å². The van der Waals surface area contributed by atoms with Crippen LogP contribution in [-0.4, -0.2) is 62.2 Å². The molecule has 3 unspecified atom stereocenters. The van der Waals surface area contributed by atoms with Gasteiger partial charge < -0.3 is 15.0 Å². The van der Waals surface area contributed by atoms with E-state index in [-0.39, 0.29) is 35.0 Å². The van der Waals surface area contributed by atoms with Gasteiger partial charge in [-0.15, -0.1) is 0 Å². The lowest BCUT2D eigenvalue weighted by molar-refractivity contribution is -0.198. The van der Waals surface area contributed by atoms with E-state index in [0.29, 0.717) is 39.1 Å². The molecule has 1 N–H and O–H groups in total. The monoisotopic (exact) mass is 443 g/mol. The van der Waals surface area contributed by atoms with Gasteiger partial charge in [0.25, 0.3) is 0 Å². The number of hydrogen-bond donors (Lipinski definition) is 1. The zero-order valence-electron chi connectivity index (χ0n) is 17.1. The number of carbonyl (C=O) groups excluding carboxylic acids is 2. The second-order valence-electron chi connectivity index (χ2n) is 9.53. The van der Waals surface area contributed by atoms with Crippen LogP contribution in [0.15, 0.2) is 35.2 Å². The summed E-state index contributed by atoms with van der Waals surface area (Å²) < 4.78 is 31.7. The molecule has 1 spiro atoms. The quantitative estimate of drug-likeness (QED) is 0.722. The second-order valence-corrected chi connectivity index (χ2v) is 11.8. The maximum atomic E-state index is 13.3. The fraction of sp³-hybridized carbons (Fsp3) is 0.591. The van der Waals surface area contributed by atoms with Crippen molar-refractivity contribution in [3.8, 4) is 6.07 Å². The van der Waals surface area contributed by atoms with Gasteiger partial charge in [-0.3, -0.25) is 9.59 Å². The largest absolute Gasteiger partial charge is 0.380 e. The molecule has 0 radical (unpaired) electrons. The Morgan fingerprint density at radius 1 is 1.10 bits per heavy atom. The van der Waals surface area contributed by atoms with Crippen molar-refractivity contribution in [3.63, 3.8) is 0 Å². The molecule has 8 nitrogen and oxygen atoms in total. The Morgan fingerprint density at radius 2 is 1.74 bits per heavy atom. The molecule has 164 valence electrons. The lowest BCUT2D eigenvalue weighted by Crippen LogP contribution is -2.68. The molecule has 0 aromatic heterocycles. The number of amides is 2. The van der Waals surface area contributed by atoms with Crippen LogP contribution in [0.1, 0.15) is 25.7 Å². The van der Waals surface area contributed by atoms with Crippen molar-refractivity contribution in [1.82, 2.24) is 10.2 Å². The molecule has 2 heterocycles. The molecule has 1 aromatic carbocycles. The van der Waals surface area contributed by atoms with Gasteiger partial charge in [0.2, 0.25) is 11.8 Å². The van der Waals surface area contributed by atoms with Crippen molar-refractivity contribution in [2.45, 2.75) is 41.4 Å². The summed E-state index contributed by atoms with van der Waals surface area (Å²) >= 11 is 0. The standard InChI is InChI=1S/C22H25N3O5S/c23-10-22(6-7-22)24-19(26)17-8-16(31(28,29)15-4-2-1-3-5-15)9-18(17)20(27)25-11-21(12-25)13-30-14-21/h1-5,16-18H,6-9,11-14H2,(H,24,26). The number of nitrogens with zero attached hydrogens (tertiary/aromatic N) is 2. The van der Waals surface area contributed by atoms with Crippen LogP contribution >= 0.6 is 0 Å². The fourth-order valence-electron chi connectivity index (χ4n) is 5.06. The Bertz CT molecular complexity index is 1050. The van der Waals surface area contributed by atoms with Crippen molar-refractivity contribution in [2.75, 3.05) is 26.3 Å². The Labute approximate surface area is 181 Å². The van der Waals surface area contributed by atoms with Crippen LogP contribution in [-0.2, 0) is 24.2 Å². The molecular weight excluding hydrogens is 418 g/mol. The van der Waals surface area contributed by atoms with Gasteiger partial charge in [0.05, 0.1) is 46.7 Å². The number of sulfone groups is 1. The molecule has 2 amide bonds. The summed E-state index contributed by atoms with van der Waals surface area (Å²) in [5.74, 6) is -2.00. The van der Waals surface area contributed by atoms with E-state index in [1.807, 2.05) is 0 Å². The van der Waals surface area contributed by atoms with Gasteiger partial charge in [0, 0.05) is 13.1 Å². The summed E-state index contributed by atoms with van der Waals surface area (Å²) in [4.78, 5) is 28.3. The Hall–Kier alpha value is -2.44. The molecule has 2 aliphatic heterocycles. The number of ether oxygens (including phenoxy) is 1. The molecule has 3 atom stereocenters. The minimum absolute atomic E-state index is 0.0421. The minimum Gasteiger partial charge on any atom is -0.380 e. The number of nitriles is 1. The van der Waals surface area contributed by atoms with Crippen molar-refractivity contribution < 1.29 is 22.7 Å². The van der Waals surface area contributed by atoms with Crippen LogP contribution in [0.25, 0.3) is 0 Å². The summed E-state index contributed by atoms with van der Waals surface area (Å²) in [5, 5.41) is 11.3. The van der Waals surface area contributed by atoms with E-state index in [4.69, 9.17) is 4.74 Å². The van der Waals surface area contributed by atoms with E-state index in [0.717, 1.165) is 0 Å². The number of rotatable bonds is 5. The molecule has 5 rings (SSSR count). The maximum Gasteiger partial charge on any atom is 0.226 e. The highest BCUT2D eigenvalue weighted by Gasteiger charge is 2.56. The number of nitrogens with one attached hydrogen (secondary N) is 1. The molecule has 2 aliphatic carbocycles. The predicted octanol–water partition coefficient (Wildman–Crippen LogP) is 0.886. The first-order valence-electron chi connectivity index (χ1n) is 10.7. The van der Waals surface area contributed by atoms with Crippen molar-refractivity contribution in [1.29, 1.82) is 5.26 Å². The molecule has 2 saturated heterocycles. The van der Waals surface area contributed by atoms with Gasteiger partial charge in [-0.1, -0.05) is 18.2 Å². The third-order valence-corrected chi connectivity index (χ3v) is 9.38. The maximum absolute atomic E-state index is 13.3. The Kier molecular flexibility index (Phi) is 4.65. The summed E-state index contributed by atoms with van der Waals surface area (Å²) in [6.45, 7) is 2.46. The summed E-state index contributed by atoms with van der Waals surface area (Å²) in [5.41, 5.74) is -0.814. The molecule has 31 heavy (non-hydrogen) atoms. The highest BCUT2D eigenvalue weighted by molar-refractivity contribution is 7.92. The minimum atomic E-state index is -3.67. The van der Waals surface area contributed by atoms with Crippen LogP contribution in [0, 0.1) is 28.6 Å². The molecule has 4 aliphatic rings. The predicted molar refractivity (Wildman–Crippen MR) is 109 cm³/mol. The molecule has 1 aromatic rings. The molecule has 9 heteroatoms. The summed E-state index contributed by atoms with van der Waals surface area (Å²) in [6.07, 6.45) is 1.37. The number of benzene rings is 1. The number of likely N-dealkylation sites (tertiary alicyclic amines) is 1. The zero-order chi connectivity index (χ0) is 21.9. The van der Waals surface area contributed by atoms with E-state index >= 15 is 0 Å². The highest BCUT2D eigenvalue weighted by atomic mass is 32.2. The van der Waals surface area contributed by atoms with Crippen LogP contribution in [0.5, 0.6) is 0 Å². The third kappa shape index (κ3) is 3.42. The average Bonchev–Trinajstić information content (AvgIpc) is 3.31. The molecule has 0 bridgehead atoms. The normalized spacial score (nSPS) is 30.0. The zero-order valence-corrected chi connectivity index (χ0v) is 17.9. The lowest BCUT2D eigenvalue weighted by atomic mass is 9.77. The first-order chi connectivity index (χ1) is 14.8. The van der Waals surface area contributed by atoms with Crippen LogP contribution in [0.3, 0.4) is 0 Å². The lowest BCUT2D eigenvalue weighted by Gasteiger charge is -2.55. The topological polar surface area (TPSA) is 117 Å². The summed E-state index contributed by atoms with van der Waals surface area (Å²) in [6, 6.07) is 10.3. The molecule has 4 fully saturated rings. The van der Waals surface area contributed by atoms with Crippen LogP contribution in [0.2, 0.25) is 0 Å². The highest BCUT2D eigenvalue weighted by Crippen LogP contribution is 2.44. The van der Waals surface area contributed by atoms with E-state index in [1.54, 1.807) is 35.2 Å². The van der Waals surface area contributed by atoms with Crippen LogP contribution < -0.4 is 5.32 Å². The molecule has 2 saturated carbocycles. The SMILES string of the molecule is N#CC1(NC(=O)C2CC(S(=O)(=O)c3ccccc3)CC2C(=O)N2CC3(COC3)C2)CC1.